The Hall–Kier alpha value is -1.26. The van der Waals surface area contributed by atoms with Crippen LogP contribution in [0, 0.1) is 12.8 Å². The average molecular weight is 285 g/mol. The Kier molecular flexibility index (Phi) is 4.32. The Morgan fingerprint density at radius 1 is 1.53 bits per heavy atom. The van der Waals surface area contributed by atoms with E-state index in [0.29, 0.717) is 28.9 Å². The van der Waals surface area contributed by atoms with Crippen molar-refractivity contribution in [3.05, 3.63) is 28.3 Å². The van der Waals surface area contributed by atoms with Crippen LogP contribution < -0.4 is 4.74 Å². The summed E-state index contributed by atoms with van der Waals surface area (Å²) in [6, 6.07) is 3.44. The molecule has 0 radical (unpaired) electrons. The number of esters is 1. The van der Waals surface area contributed by atoms with E-state index < -0.39 is 12.1 Å². The van der Waals surface area contributed by atoms with E-state index in [-0.39, 0.29) is 0 Å². The summed E-state index contributed by atoms with van der Waals surface area (Å²) in [6.07, 6.45) is 0.924. The van der Waals surface area contributed by atoms with Crippen molar-refractivity contribution in [2.45, 2.75) is 25.9 Å². The summed E-state index contributed by atoms with van der Waals surface area (Å²) in [5.41, 5.74) is 1.21. The van der Waals surface area contributed by atoms with Gasteiger partial charge in [0.25, 0.3) is 0 Å². The van der Waals surface area contributed by atoms with Gasteiger partial charge in [-0.05, 0) is 43.4 Å². The van der Waals surface area contributed by atoms with Crippen molar-refractivity contribution in [1.82, 2.24) is 0 Å². The van der Waals surface area contributed by atoms with Crippen molar-refractivity contribution < 1.29 is 19.4 Å². The fourth-order valence-electron chi connectivity index (χ4n) is 1.84. The number of halogens is 1. The summed E-state index contributed by atoms with van der Waals surface area (Å²) in [5, 5.41) is 10.4. The molecule has 1 aliphatic carbocycles. The third-order valence-electron chi connectivity index (χ3n) is 3.10. The molecule has 1 saturated carbocycles. The Bertz CT molecular complexity index is 483. The number of carbonyl (C=O) groups excluding carboxylic acids is 1. The predicted molar refractivity (Wildman–Crippen MR) is 71.4 cm³/mol. The van der Waals surface area contributed by atoms with Crippen molar-refractivity contribution in [1.29, 1.82) is 0 Å². The summed E-state index contributed by atoms with van der Waals surface area (Å²) < 4.78 is 10.2. The maximum absolute atomic E-state index is 11.5. The molecule has 0 spiro atoms. The van der Waals surface area contributed by atoms with Crippen LogP contribution in [0.2, 0.25) is 5.02 Å². The Morgan fingerprint density at radius 3 is 2.79 bits per heavy atom. The molecule has 1 N–H and O–H groups in total. The molecule has 1 aliphatic rings. The van der Waals surface area contributed by atoms with E-state index in [1.807, 2.05) is 6.92 Å². The lowest BCUT2D eigenvalue weighted by molar-refractivity contribution is -0.150. The molecule has 0 aromatic heterocycles. The summed E-state index contributed by atoms with van der Waals surface area (Å²) in [5.74, 6) is 0.204. The van der Waals surface area contributed by atoms with E-state index in [4.69, 9.17) is 16.3 Å². The highest BCUT2D eigenvalue weighted by atomic mass is 35.5. The topological polar surface area (TPSA) is 55.8 Å². The highest BCUT2D eigenvalue weighted by molar-refractivity contribution is 6.32. The monoisotopic (exact) mass is 284 g/mol. The van der Waals surface area contributed by atoms with E-state index in [1.165, 1.54) is 7.11 Å². The molecule has 1 unspecified atom stereocenters. The molecule has 4 nitrogen and oxygen atoms in total. The largest absolute Gasteiger partial charge is 0.491 e. The molecule has 5 heteroatoms. The van der Waals surface area contributed by atoms with Crippen LogP contribution in [0.15, 0.2) is 12.1 Å². The number of methoxy groups -OCH3 is 1. The van der Waals surface area contributed by atoms with Gasteiger partial charge in [0.05, 0.1) is 18.7 Å². The molecule has 1 aromatic rings. The van der Waals surface area contributed by atoms with E-state index in [1.54, 1.807) is 12.1 Å². The van der Waals surface area contributed by atoms with Crippen molar-refractivity contribution in [2.24, 2.45) is 5.92 Å². The average Bonchev–Trinajstić information content (AvgIpc) is 3.19. The molecular weight excluding hydrogens is 268 g/mol. The SMILES string of the molecule is COC(=O)C(O)c1cc(C)cc(Cl)c1OCC1CC1. The minimum absolute atomic E-state index is 0.359. The van der Waals surface area contributed by atoms with Gasteiger partial charge in [-0.25, -0.2) is 4.79 Å². The van der Waals surface area contributed by atoms with Gasteiger partial charge < -0.3 is 14.6 Å². The van der Waals surface area contributed by atoms with Gasteiger partial charge >= 0.3 is 5.97 Å². The second-order valence-electron chi connectivity index (χ2n) is 4.85. The van der Waals surface area contributed by atoms with Gasteiger partial charge in [-0.3, -0.25) is 0 Å². The van der Waals surface area contributed by atoms with E-state index >= 15 is 0 Å². The molecule has 1 fully saturated rings. The van der Waals surface area contributed by atoms with E-state index in [9.17, 15) is 9.90 Å². The van der Waals surface area contributed by atoms with Crippen LogP contribution >= 0.6 is 11.6 Å². The lowest BCUT2D eigenvalue weighted by Gasteiger charge is -2.17. The summed E-state index contributed by atoms with van der Waals surface area (Å²) in [6.45, 7) is 2.40. The first kappa shape index (κ1) is 14.2. The number of aryl methyl sites for hydroxylation is 1. The zero-order valence-electron chi connectivity index (χ0n) is 11.0. The molecule has 104 valence electrons. The smallest absolute Gasteiger partial charge is 0.339 e. The molecule has 1 aromatic carbocycles. The normalized spacial score (nSPS) is 16.0. The number of carbonyl (C=O) groups is 1. The molecular formula is C14H17ClO4. The molecule has 0 bridgehead atoms. The molecule has 0 aliphatic heterocycles. The van der Waals surface area contributed by atoms with Crippen molar-refractivity contribution in [2.75, 3.05) is 13.7 Å². The zero-order chi connectivity index (χ0) is 14.0. The van der Waals surface area contributed by atoms with Crippen molar-refractivity contribution in [3.8, 4) is 5.75 Å². The third-order valence-corrected chi connectivity index (χ3v) is 3.38. The maximum atomic E-state index is 11.5. The van der Waals surface area contributed by atoms with Gasteiger partial charge in [-0.2, -0.15) is 0 Å². The first-order valence-corrected chi connectivity index (χ1v) is 6.59. The van der Waals surface area contributed by atoms with Gasteiger partial charge in [-0.1, -0.05) is 11.6 Å². The Labute approximate surface area is 117 Å². The summed E-state index contributed by atoms with van der Waals surface area (Å²) >= 11 is 6.14. The highest BCUT2D eigenvalue weighted by Gasteiger charge is 2.27. The fraction of sp³-hybridized carbons (Fsp3) is 0.500. The number of aliphatic hydroxyl groups is 1. The number of ether oxygens (including phenoxy) is 2. The number of hydrogen-bond donors (Lipinski definition) is 1. The first-order chi connectivity index (χ1) is 9.02. The minimum atomic E-state index is -1.38. The van der Waals surface area contributed by atoms with E-state index in [0.717, 1.165) is 18.4 Å². The quantitative estimate of drug-likeness (QED) is 0.845. The summed E-state index contributed by atoms with van der Waals surface area (Å²) in [7, 11) is 1.23. The maximum Gasteiger partial charge on any atom is 0.339 e. The Balaban J connectivity index is 2.29. The van der Waals surface area contributed by atoms with Gasteiger partial charge in [0.2, 0.25) is 0 Å². The van der Waals surface area contributed by atoms with Crippen LogP contribution in [0.3, 0.4) is 0 Å². The van der Waals surface area contributed by atoms with Gasteiger partial charge in [0, 0.05) is 5.56 Å². The van der Waals surface area contributed by atoms with Crippen LogP contribution in [0.4, 0.5) is 0 Å². The lowest BCUT2D eigenvalue weighted by atomic mass is 10.1. The molecule has 0 amide bonds. The molecule has 19 heavy (non-hydrogen) atoms. The number of benzene rings is 1. The zero-order valence-corrected chi connectivity index (χ0v) is 11.7. The number of hydrogen-bond acceptors (Lipinski definition) is 4. The molecule has 0 heterocycles. The van der Waals surface area contributed by atoms with Crippen molar-refractivity contribution >= 4 is 17.6 Å². The van der Waals surface area contributed by atoms with Crippen LogP contribution in [-0.2, 0) is 9.53 Å². The van der Waals surface area contributed by atoms with Crippen LogP contribution in [0.25, 0.3) is 0 Å². The second kappa shape index (κ2) is 5.80. The predicted octanol–water partition coefficient (Wildman–Crippen LogP) is 2.64. The van der Waals surface area contributed by atoms with Gasteiger partial charge in [0.1, 0.15) is 5.75 Å². The second-order valence-corrected chi connectivity index (χ2v) is 5.25. The van der Waals surface area contributed by atoms with Crippen molar-refractivity contribution in [3.63, 3.8) is 0 Å². The number of aliphatic hydroxyl groups excluding tert-OH is 1. The van der Waals surface area contributed by atoms with Crippen LogP contribution in [-0.4, -0.2) is 24.8 Å². The lowest BCUT2D eigenvalue weighted by Crippen LogP contribution is -2.15. The van der Waals surface area contributed by atoms with Gasteiger partial charge in [0.15, 0.2) is 6.10 Å². The summed E-state index contributed by atoms with van der Waals surface area (Å²) in [4.78, 5) is 11.5. The first-order valence-electron chi connectivity index (χ1n) is 6.21. The highest BCUT2D eigenvalue weighted by Crippen LogP contribution is 2.37. The van der Waals surface area contributed by atoms with E-state index in [2.05, 4.69) is 4.74 Å². The standard InChI is InChI=1S/C14H17ClO4/c1-8-5-10(12(16)14(17)18-2)13(11(15)6-8)19-7-9-3-4-9/h5-6,9,12,16H,3-4,7H2,1-2H3. The molecule has 1 atom stereocenters. The third kappa shape index (κ3) is 3.39. The fourth-order valence-corrected chi connectivity index (χ4v) is 2.17. The minimum Gasteiger partial charge on any atom is -0.491 e. The molecule has 2 rings (SSSR count). The van der Waals surface area contributed by atoms with Gasteiger partial charge in [-0.15, -0.1) is 0 Å². The van der Waals surface area contributed by atoms with Crippen LogP contribution in [0.5, 0.6) is 5.75 Å². The molecule has 0 saturated heterocycles. The van der Waals surface area contributed by atoms with Crippen LogP contribution in [0.1, 0.15) is 30.1 Å². The Morgan fingerprint density at radius 2 is 2.21 bits per heavy atom. The number of rotatable bonds is 5.